The van der Waals surface area contributed by atoms with Crippen LogP contribution < -0.4 is 10.5 Å². The maximum absolute atomic E-state index is 13.3. The molecule has 3 rings (SSSR count). The van der Waals surface area contributed by atoms with Crippen LogP contribution in [-0.2, 0) is 11.3 Å². The molecule has 2 aromatic rings. The largest absolute Gasteiger partial charge is 0.370 e. The second-order valence-electron chi connectivity index (χ2n) is 5.19. The second kappa shape index (κ2) is 6.05. The van der Waals surface area contributed by atoms with Gasteiger partial charge in [0.25, 0.3) is 5.56 Å². The van der Waals surface area contributed by atoms with Crippen LogP contribution in [0.15, 0.2) is 23.0 Å². The first-order valence-electron chi connectivity index (χ1n) is 6.99. The number of H-pyrrole nitrogens is 1. The Morgan fingerprint density at radius 2 is 2.14 bits per heavy atom. The Morgan fingerprint density at radius 3 is 2.90 bits per heavy atom. The van der Waals surface area contributed by atoms with Crippen molar-refractivity contribution in [3.8, 4) is 0 Å². The fourth-order valence-electron chi connectivity index (χ4n) is 2.61. The highest BCUT2D eigenvalue weighted by atomic mass is 32.1. The average Bonchev–Trinajstić information content (AvgIpc) is 2.49. The Kier molecular flexibility index (Phi) is 4.14. The topological polar surface area (TPSA) is 51.5 Å². The molecule has 112 valence electrons. The molecule has 1 aromatic heterocycles. The van der Waals surface area contributed by atoms with Gasteiger partial charge in [-0.15, -0.1) is 0 Å². The molecule has 0 saturated carbocycles. The van der Waals surface area contributed by atoms with Crippen LogP contribution in [0.3, 0.4) is 0 Å². The van der Waals surface area contributed by atoms with E-state index in [1.165, 1.54) is 21.6 Å². The standard InChI is InChI=1S/C14H16FN3O2S/c15-10-1-2-12-11(9-10)13(19)18(14(21)16-12)4-3-17-5-7-20-8-6-17/h1-2,9H,3-8H2,(H,16,21)/p+1. The van der Waals surface area contributed by atoms with Crippen molar-refractivity contribution in [1.29, 1.82) is 0 Å². The summed E-state index contributed by atoms with van der Waals surface area (Å²) in [6.45, 7) is 4.71. The Bertz CT molecular complexity index is 765. The summed E-state index contributed by atoms with van der Waals surface area (Å²) in [5.74, 6) is -0.421. The monoisotopic (exact) mass is 310 g/mol. The number of benzene rings is 1. The number of quaternary nitrogens is 1. The van der Waals surface area contributed by atoms with Gasteiger partial charge in [0.05, 0.1) is 37.2 Å². The molecule has 2 heterocycles. The average molecular weight is 310 g/mol. The van der Waals surface area contributed by atoms with E-state index in [1.807, 2.05) is 0 Å². The third-order valence-corrected chi connectivity index (χ3v) is 4.16. The maximum atomic E-state index is 13.3. The van der Waals surface area contributed by atoms with Crippen LogP contribution in [0, 0.1) is 10.6 Å². The highest BCUT2D eigenvalue weighted by molar-refractivity contribution is 7.71. The Labute approximate surface area is 126 Å². The molecule has 0 bridgehead atoms. The number of nitrogens with zero attached hydrogens (tertiary/aromatic N) is 1. The fraction of sp³-hybridized carbons (Fsp3) is 0.429. The van der Waals surface area contributed by atoms with Crippen LogP contribution in [0.25, 0.3) is 10.9 Å². The molecule has 1 aliphatic rings. The van der Waals surface area contributed by atoms with E-state index < -0.39 is 5.82 Å². The van der Waals surface area contributed by atoms with Crippen LogP contribution in [-0.4, -0.2) is 42.4 Å². The first-order valence-corrected chi connectivity index (χ1v) is 7.39. The van der Waals surface area contributed by atoms with E-state index in [0.29, 0.717) is 22.2 Å². The molecule has 7 heteroatoms. The molecule has 0 radical (unpaired) electrons. The van der Waals surface area contributed by atoms with E-state index in [0.717, 1.165) is 32.8 Å². The molecule has 1 aromatic carbocycles. The molecule has 1 aliphatic heterocycles. The summed E-state index contributed by atoms with van der Waals surface area (Å²) in [5.41, 5.74) is 0.335. The number of morpholine rings is 1. The zero-order valence-corrected chi connectivity index (χ0v) is 12.3. The second-order valence-corrected chi connectivity index (χ2v) is 5.58. The highest BCUT2D eigenvalue weighted by Gasteiger charge is 2.14. The van der Waals surface area contributed by atoms with Gasteiger partial charge in [-0.2, -0.15) is 0 Å². The summed E-state index contributed by atoms with van der Waals surface area (Å²) in [4.78, 5) is 16.8. The SMILES string of the molecule is O=c1c2cc(F)ccc2[nH]c(=S)n1CC[NH+]1CCOCC1. The number of rotatable bonds is 3. The molecule has 0 aliphatic carbocycles. The van der Waals surface area contributed by atoms with Gasteiger partial charge in [-0.05, 0) is 30.4 Å². The number of hydrogen-bond donors (Lipinski definition) is 2. The molecule has 1 saturated heterocycles. The number of ether oxygens (including phenoxy) is 1. The molecule has 1 fully saturated rings. The Morgan fingerprint density at radius 1 is 1.38 bits per heavy atom. The smallest absolute Gasteiger partial charge is 0.262 e. The molecule has 0 amide bonds. The number of aromatic amines is 1. The highest BCUT2D eigenvalue weighted by Crippen LogP contribution is 2.09. The van der Waals surface area contributed by atoms with Crippen molar-refractivity contribution >= 4 is 23.1 Å². The lowest BCUT2D eigenvalue weighted by Gasteiger charge is -2.23. The lowest BCUT2D eigenvalue weighted by atomic mass is 10.2. The first-order chi connectivity index (χ1) is 10.1. The molecule has 2 N–H and O–H groups in total. The summed E-state index contributed by atoms with van der Waals surface area (Å²) in [7, 11) is 0. The van der Waals surface area contributed by atoms with Crippen molar-refractivity contribution < 1.29 is 14.0 Å². The summed E-state index contributed by atoms with van der Waals surface area (Å²) in [5, 5.41) is 0.334. The number of fused-ring (bicyclic) bond motifs is 1. The summed E-state index contributed by atoms with van der Waals surface area (Å²) in [6.07, 6.45) is 0. The van der Waals surface area contributed by atoms with Crippen LogP contribution in [0.5, 0.6) is 0 Å². The molecule has 0 unspecified atom stereocenters. The number of halogens is 1. The third kappa shape index (κ3) is 3.04. The quantitative estimate of drug-likeness (QED) is 0.792. The molecule has 5 nitrogen and oxygen atoms in total. The Hall–Kier alpha value is -1.57. The number of nitrogens with one attached hydrogen (secondary N) is 2. The maximum Gasteiger partial charge on any atom is 0.262 e. The van der Waals surface area contributed by atoms with E-state index in [1.54, 1.807) is 6.07 Å². The predicted molar refractivity (Wildman–Crippen MR) is 79.7 cm³/mol. The van der Waals surface area contributed by atoms with E-state index in [9.17, 15) is 9.18 Å². The summed E-state index contributed by atoms with van der Waals surface area (Å²) < 4.78 is 20.5. The number of aromatic nitrogens is 2. The minimum Gasteiger partial charge on any atom is -0.370 e. The van der Waals surface area contributed by atoms with Crippen LogP contribution in [0.4, 0.5) is 4.39 Å². The lowest BCUT2D eigenvalue weighted by molar-refractivity contribution is -0.908. The summed E-state index contributed by atoms with van der Waals surface area (Å²) >= 11 is 5.25. The van der Waals surface area contributed by atoms with Gasteiger partial charge in [-0.1, -0.05) is 0 Å². The van der Waals surface area contributed by atoms with Gasteiger partial charge >= 0.3 is 0 Å². The van der Waals surface area contributed by atoms with Gasteiger partial charge in [0.1, 0.15) is 18.9 Å². The first kappa shape index (κ1) is 14.4. The van der Waals surface area contributed by atoms with Gasteiger partial charge in [-0.3, -0.25) is 9.36 Å². The molecule has 0 spiro atoms. The van der Waals surface area contributed by atoms with Crippen LogP contribution >= 0.6 is 12.2 Å². The molecular formula is C14H17FN3O2S+. The van der Waals surface area contributed by atoms with Crippen LogP contribution in [0.2, 0.25) is 0 Å². The van der Waals surface area contributed by atoms with Gasteiger partial charge in [0, 0.05) is 0 Å². The van der Waals surface area contributed by atoms with Crippen molar-refractivity contribution in [2.75, 3.05) is 32.8 Å². The van der Waals surface area contributed by atoms with E-state index in [4.69, 9.17) is 17.0 Å². The zero-order valence-electron chi connectivity index (χ0n) is 11.5. The van der Waals surface area contributed by atoms with Gasteiger partial charge in [0.2, 0.25) is 0 Å². The molecule has 21 heavy (non-hydrogen) atoms. The molecule has 0 atom stereocenters. The van der Waals surface area contributed by atoms with E-state index in [2.05, 4.69) is 4.98 Å². The van der Waals surface area contributed by atoms with Gasteiger partial charge < -0.3 is 14.6 Å². The van der Waals surface area contributed by atoms with Crippen molar-refractivity contribution in [2.24, 2.45) is 0 Å². The van der Waals surface area contributed by atoms with Gasteiger partial charge in [-0.25, -0.2) is 4.39 Å². The zero-order chi connectivity index (χ0) is 14.8. The van der Waals surface area contributed by atoms with Crippen LogP contribution in [0.1, 0.15) is 0 Å². The summed E-state index contributed by atoms with van der Waals surface area (Å²) in [6, 6.07) is 4.11. The minimum absolute atomic E-state index is 0.235. The van der Waals surface area contributed by atoms with E-state index >= 15 is 0 Å². The predicted octanol–water partition coefficient (Wildman–Crippen LogP) is 0.113. The van der Waals surface area contributed by atoms with Crippen molar-refractivity contribution in [3.63, 3.8) is 0 Å². The Balaban J connectivity index is 1.90. The van der Waals surface area contributed by atoms with Crippen molar-refractivity contribution in [2.45, 2.75) is 6.54 Å². The number of hydrogen-bond acceptors (Lipinski definition) is 3. The van der Waals surface area contributed by atoms with Gasteiger partial charge in [0.15, 0.2) is 4.77 Å². The lowest BCUT2D eigenvalue weighted by Crippen LogP contribution is -3.14. The minimum atomic E-state index is -0.421. The molecular weight excluding hydrogens is 293 g/mol. The third-order valence-electron chi connectivity index (χ3n) is 3.83. The fourth-order valence-corrected chi connectivity index (χ4v) is 2.89. The van der Waals surface area contributed by atoms with Crippen molar-refractivity contribution in [1.82, 2.24) is 9.55 Å². The normalized spacial score (nSPS) is 16.4. The van der Waals surface area contributed by atoms with E-state index in [-0.39, 0.29) is 5.56 Å². The van der Waals surface area contributed by atoms with Crippen molar-refractivity contribution in [3.05, 3.63) is 39.1 Å².